The molecule has 162 valence electrons. The highest BCUT2D eigenvalue weighted by Crippen LogP contribution is 2.31. The topological polar surface area (TPSA) is 66.8 Å². The lowest BCUT2D eigenvalue weighted by atomic mass is 9.95. The number of aromatic nitrogens is 1. The number of halogens is 1. The van der Waals surface area contributed by atoms with Gasteiger partial charge in [0, 0.05) is 23.8 Å². The second-order valence-electron chi connectivity index (χ2n) is 8.56. The van der Waals surface area contributed by atoms with Crippen molar-refractivity contribution in [2.45, 2.75) is 45.3 Å². The van der Waals surface area contributed by atoms with Crippen LogP contribution in [0.5, 0.6) is 0 Å². The fourth-order valence-electron chi connectivity index (χ4n) is 4.03. The molecule has 7 heteroatoms. The number of aryl methyl sites for hydroxylation is 1. The number of ketones is 1. The van der Waals surface area contributed by atoms with Crippen LogP contribution in [-0.2, 0) is 9.63 Å². The molecule has 2 aliphatic heterocycles. The van der Waals surface area contributed by atoms with Gasteiger partial charge in [-0.05, 0) is 57.4 Å². The molecule has 1 saturated heterocycles. The molecule has 1 N–H and O–H groups in total. The number of anilines is 1. The van der Waals surface area contributed by atoms with E-state index in [1.54, 1.807) is 13.8 Å². The van der Waals surface area contributed by atoms with Gasteiger partial charge in [0.1, 0.15) is 11.6 Å². The molecule has 0 amide bonds. The summed E-state index contributed by atoms with van der Waals surface area (Å²) < 4.78 is 13.7. The molecule has 6 nitrogen and oxygen atoms in total. The summed E-state index contributed by atoms with van der Waals surface area (Å²) in [4.78, 5) is 24.2. The maximum absolute atomic E-state index is 13.7. The van der Waals surface area contributed by atoms with Crippen molar-refractivity contribution in [3.05, 3.63) is 65.6 Å². The molecule has 1 atom stereocenters. The summed E-state index contributed by atoms with van der Waals surface area (Å²) in [7, 11) is 0. The summed E-state index contributed by atoms with van der Waals surface area (Å²) >= 11 is 0. The number of benzene rings is 1. The van der Waals surface area contributed by atoms with Crippen LogP contribution in [0, 0.1) is 12.7 Å². The molecule has 0 radical (unpaired) electrons. The van der Waals surface area contributed by atoms with E-state index in [-0.39, 0.29) is 17.6 Å². The molecule has 2 aromatic rings. The standard InChI is InChI=1S/C24H27FN4O2/c1-15-12-19(25)13-27-23(15)29(20-6-5-11-26-14-20)16(2)17-7-9-18(10-8-17)21-22(30)24(3,4)31-28-21/h7-10,12-13,20,26H,2,5-6,11,14H2,1,3-4H3/t20-/m1/s1. The molecule has 1 fully saturated rings. The van der Waals surface area contributed by atoms with Gasteiger partial charge in [-0.1, -0.05) is 36.0 Å². The Balaban J connectivity index is 1.65. The van der Waals surface area contributed by atoms with Crippen molar-refractivity contribution in [2.75, 3.05) is 18.0 Å². The van der Waals surface area contributed by atoms with Crippen LogP contribution in [0.1, 0.15) is 43.4 Å². The molecule has 2 aliphatic rings. The van der Waals surface area contributed by atoms with Gasteiger partial charge in [-0.25, -0.2) is 9.37 Å². The van der Waals surface area contributed by atoms with Crippen LogP contribution < -0.4 is 10.2 Å². The van der Waals surface area contributed by atoms with Gasteiger partial charge in [0.15, 0.2) is 11.3 Å². The van der Waals surface area contributed by atoms with E-state index in [1.807, 2.05) is 31.2 Å². The maximum Gasteiger partial charge on any atom is 0.230 e. The zero-order chi connectivity index (χ0) is 22.2. The SMILES string of the molecule is C=C(c1ccc(C2=NOC(C)(C)C2=O)cc1)N(c1ncc(F)cc1C)[C@@H]1CCCNC1. The second kappa shape index (κ2) is 8.23. The normalized spacial score (nSPS) is 20.2. The van der Waals surface area contributed by atoms with Gasteiger partial charge in [-0.3, -0.25) is 4.79 Å². The summed E-state index contributed by atoms with van der Waals surface area (Å²) in [5.74, 6) is 0.208. The Kier molecular flexibility index (Phi) is 5.62. The number of nitrogens with one attached hydrogen (secondary N) is 1. The number of piperidine rings is 1. The molecule has 0 unspecified atom stereocenters. The average molecular weight is 423 g/mol. The first-order chi connectivity index (χ1) is 14.8. The van der Waals surface area contributed by atoms with Crippen LogP contribution in [0.3, 0.4) is 0 Å². The van der Waals surface area contributed by atoms with Crippen LogP contribution in [0.25, 0.3) is 5.70 Å². The van der Waals surface area contributed by atoms with Crippen molar-refractivity contribution >= 4 is 23.0 Å². The van der Waals surface area contributed by atoms with Crippen molar-refractivity contribution in [3.8, 4) is 0 Å². The number of nitrogens with zero attached hydrogens (tertiary/aromatic N) is 3. The molecule has 3 heterocycles. The first-order valence-corrected chi connectivity index (χ1v) is 10.5. The van der Waals surface area contributed by atoms with Gasteiger partial charge in [-0.15, -0.1) is 0 Å². The van der Waals surface area contributed by atoms with E-state index in [1.165, 1.54) is 12.3 Å². The van der Waals surface area contributed by atoms with E-state index >= 15 is 0 Å². The summed E-state index contributed by atoms with van der Waals surface area (Å²) in [6.07, 6.45) is 3.28. The number of carbonyl (C=O) groups excluding carboxylic acids is 1. The fourth-order valence-corrected chi connectivity index (χ4v) is 4.03. The van der Waals surface area contributed by atoms with Gasteiger partial charge in [0.2, 0.25) is 5.78 Å². The van der Waals surface area contributed by atoms with E-state index < -0.39 is 5.60 Å². The van der Waals surface area contributed by atoms with Gasteiger partial charge in [0.25, 0.3) is 0 Å². The smallest absolute Gasteiger partial charge is 0.230 e. The highest BCUT2D eigenvalue weighted by molar-refractivity contribution is 6.49. The number of hydrogen-bond donors (Lipinski definition) is 1. The minimum absolute atomic E-state index is 0.139. The highest BCUT2D eigenvalue weighted by Gasteiger charge is 2.40. The van der Waals surface area contributed by atoms with Crippen molar-refractivity contribution in [1.82, 2.24) is 10.3 Å². The number of oxime groups is 1. The lowest BCUT2D eigenvalue weighted by molar-refractivity contribution is -0.128. The third kappa shape index (κ3) is 4.10. The van der Waals surface area contributed by atoms with Gasteiger partial charge < -0.3 is 15.1 Å². The van der Waals surface area contributed by atoms with E-state index in [0.717, 1.165) is 42.8 Å². The zero-order valence-electron chi connectivity index (χ0n) is 18.1. The fraction of sp³-hybridized carbons (Fsp3) is 0.375. The molecule has 0 spiro atoms. The number of Topliss-reactive ketones (excluding diaryl/α,β-unsaturated/α-hetero) is 1. The zero-order valence-corrected chi connectivity index (χ0v) is 18.1. The first kappa shape index (κ1) is 21.2. The Morgan fingerprint density at radius 1 is 1.32 bits per heavy atom. The van der Waals surface area contributed by atoms with E-state index in [2.05, 4.69) is 26.9 Å². The van der Waals surface area contributed by atoms with E-state index in [9.17, 15) is 9.18 Å². The molecular weight excluding hydrogens is 395 g/mol. The quantitative estimate of drug-likeness (QED) is 0.793. The highest BCUT2D eigenvalue weighted by atomic mass is 19.1. The van der Waals surface area contributed by atoms with Crippen molar-refractivity contribution in [1.29, 1.82) is 0 Å². The van der Waals surface area contributed by atoms with E-state index in [0.29, 0.717) is 17.1 Å². The Hall–Kier alpha value is -3.06. The Morgan fingerprint density at radius 2 is 2.06 bits per heavy atom. The van der Waals surface area contributed by atoms with E-state index in [4.69, 9.17) is 4.84 Å². The Labute approximate surface area is 181 Å². The summed E-state index contributed by atoms with van der Waals surface area (Å²) in [5, 5.41) is 7.40. The summed E-state index contributed by atoms with van der Waals surface area (Å²) in [5.41, 5.74) is 2.52. The molecule has 0 saturated carbocycles. The van der Waals surface area contributed by atoms with Crippen LogP contribution in [0.15, 0.2) is 48.3 Å². The van der Waals surface area contributed by atoms with Gasteiger partial charge in [0.05, 0.1) is 6.20 Å². The molecular formula is C24H27FN4O2. The number of hydrogen-bond acceptors (Lipinski definition) is 6. The maximum atomic E-state index is 13.7. The molecule has 0 bridgehead atoms. The largest absolute Gasteiger partial charge is 0.381 e. The molecule has 4 rings (SSSR count). The lowest BCUT2D eigenvalue weighted by Crippen LogP contribution is -2.45. The lowest BCUT2D eigenvalue weighted by Gasteiger charge is -2.37. The van der Waals surface area contributed by atoms with Crippen molar-refractivity contribution in [2.24, 2.45) is 5.16 Å². The monoisotopic (exact) mass is 422 g/mol. The molecule has 1 aromatic carbocycles. The van der Waals surface area contributed by atoms with Crippen LogP contribution in [0.2, 0.25) is 0 Å². The predicted molar refractivity (Wildman–Crippen MR) is 119 cm³/mol. The number of pyridine rings is 1. The summed E-state index contributed by atoms with van der Waals surface area (Å²) in [6.45, 7) is 11.4. The predicted octanol–water partition coefficient (Wildman–Crippen LogP) is 3.84. The van der Waals surface area contributed by atoms with Crippen LogP contribution in [0.4, 0.5) is 10.2 Å². The molecule has 0 aliphatic carbocycles. The second-order valence-corrected chi connectivity index (χ2v) is 8.56. The number of carbonyl (C=O) groups is 1. The van der Waals surface area contributed by atoms with Gasteiger partial charge >= 0.3 is 0 Å². The van der Waals surface area contributed by atoms with Gasteiger partial charge in [-0.2, -0.15) is 0 Å². The van der Waals surface area contributed by atoms with Crippen molar-refractivity contribution in [3.63, 3.8) is 0 Å². The minimum atomic E-state index is -0.936. The first-order valence-electron chi connectivity index (χ1n) is 10.5. The minimum Gasteiger partial charge on any atom is -0.381 e. The Morgan fingerprint density at radius 3 is 2.65 bits per heavy atom. The third-order valence-electron chi connectivity index (χ3n) is 5.79. The van der Waals surface area contributed by atoms with Crippen LogP contribution in [-0.4, -0.2) is 41.2 Å². The average Bonchev–Trinajstić information content (AvgIpc) is 3.03. The Bertz CT molecular complexity index is 1040. The summed E-state index contributed by atoms with van der Waals surface area (Å²) in [6, 6.07) is 9.19. The van der Waals surface area contributed by atoms with Crippen LogP contribution >= 0.6 is 0 Å². The number of rotatable bonds is 5. The molecule has 1 aromatic heterocycles. The van der Waals surface area contributed by atoms with Crippen molar-refractivity contribution < 1.29 is 14.0 Å². The third-order valence-corrected chi connectivity index (χ3v) is 5.79. The molecule has 31 heavy (non-hydrogen) atoms.